The first-order valence-electron chi connectivity index (χ1n) is 10.3. The van der Waals surface area contributed by atoms with Gasteiger partial charge in [-0.3, -0.25) is 4.79 Å². The van der Waals surface area contributed by atoms with Gasteiger partial charge in [0.2, 0.25) is 0 Å². The normalized spacial score (nSPS) is 27.2. The highest BCUT2D eigenvalue weighted by Gasteiger charge is 2.57. The molecular formula is C25H30O2Si. The smallest absolute Gasteiger partial charge is 0.261 e. The van der Waals surface area contributed by atoms with Crippen molar-refractivity contribution < 1.29 is 9.22 Å². The third kappa shape index (κ3) is 2.92. The lowest BCUT2D eigenvalue weighted by atomic mass is 9.71. The van der Waals surface area contributed by atoms with Gasteiger partial charge in [-0.15, -0.1) is 6.58 Å². The lowest BCUT2D eigenvalue weighted by Crippen LogP contribution is -2.68. The number of ketones is 1. The number of rotatable bonds is 5. The summed E-state index contributed by atoms with van der Waals surface area (Å²) in [5.41, 5.74) is 0. The van der Waals surface area contributed by atoms with Crippen LogP contribution in [0.3, 0.4) is 0 Å². The summed E-state index contributed by atoms with van der Waals surface area (Å²) in [6.07, 6.45) is 3.64. The van der Waals surface area contributed by atoms with E-state index in [9.17, 15) is 4.79 Å². The number of fused-ring (bicyclic) bond motifs is 1. The molecule has 2 fully saturated rings. The van der Waals surface area contributed by atoms with Gasteiger partial charge in [-0.1, -0.05) is 87.5 Å². The number of Topliss-reactive ketones (excluding diaryl/α,β-unsaturated/α-hetero) is 1. The molecule has 0 spiro atoms. The van der Waals surface area contributed by atoms with Crippen LogP contribution < -0.4 is 10.4 Å². The molecule has 2 aliphatic carbocycles. The first-order valence-corrected chi connectivity index (χ1v) is 12.2. The van der Waals surface area contributed by atoms with Crippen LogP contribution in [-0.2, 0) is 9.22 Å². The minimum absolute atomic E-state index is 0.0485. The zero-order valence-electron chi connectivity index (χ0n) is 17.1. The maximum Gasteiger partial charge on any atom is 0.261 e. The highest BCUT2D eigenvalue weighted by atomic mass is 28.4. The monoisotopic (exact) mass is 390 g/mol. The third-order valence-corrected chi connectivity index (χ3v) is 11.9. The maximum atomic E-state index is 12.1. The molecule has 0 aliphatic heterocycles. The first-order chi connectivity index (χ1) is 13.4. The minimum atomic E-state index is -2.58. The second-order valence-corrected chi connectivity index (χ2v) is 13.6. The van der Waals surface area contributed by atoms with Gasteiger partial charge in [0.1, 0.15) is 5.78 Å². The second kappa shape index (κ2) is 7.13. The van der Waals surface area contributed by atoms with Gasteiger partial charge >= 0.3 is 0 Å². The topological polar surface area (TPSA) is 26.3 Å². The van der Waals surface area contributed by atoms with Gasteiger partial charge in [0.15, 0.2) is 0 Å². The van der Waals surface area contributed by atoms with Crippen molar-refractivity contribution in [1.29, 1.82) is 0 Å². The van der Waals surface area contributed by atoms with Gasteiger partial charge in [0, 0.05) is 18.3 Å². The highest BCUT2D eigenvalue weighted by Crippen LogP contribution is 2.51. The third-order valence-electron chi connectivity index (χ3n) is 6.79. The molecule has 2 aromatic carbocycles. The molecule has 0 radical (unpaired) electrons. The van der Waals surface area contributed by atoms with Crippen LogP contribution in [0.25, 0.3) is 0 Å². The van der Waals surface area contributed by atoms with E-state index in [-0.39, 0.29) is 23.0 Å². The predicted octanol–water partition coefficient (Wildman–Crippen LogP) is 4.34. The van der Waals surface area contributed by atoms with E-state index in [0.29, 0.717) is 18.1 Å². The molecule has 2 aliphatic rings. The zero-order chi connectivity index (χ0) is 19.9. The Morgan fingerprint density at radius 1 is 1.00 bits per heavy atom. The van der Waals surface area contributed by atoms with E-state index in [1.54, 1.807) is 0 Å². The number of carbonyl (C=O) groups excluding carboxylic acids is 1. The number of benzene rings is 2. The molecule has 146 valence electrons. The van der Waals surface area contributed by atoms with E-state index < -0.39 is 8.32 Å². The minimum Gasteiger partial charge on any atom is -0.404 e. The van der Waals surface area contributed by atoms with Gasteiger partial charge in [-0.05, 0) is 27.8 Å². The summed E-state index contributed by atoms with van der Waals surface area (Å²) < 4.78 is 7.28. The molecular weight excluding hydrogens is 360 g/mol. The van der Waals surface area contributed by atoms with Gasteiger partial charge in [0.25, 0.3) is 8.32 Å². The summed E-state index contributed by atoms with van der Waals surface area (Å²) in [5, 5.41) is 2.54. The van der Waals surface area contributed by atoms with Crippen LogP contribution in [-0.4, -0.2) is 20.2 Å². The van der Waals surface area contributed by atoms with Crippen molar-refractivity contribution in [2.75, 3.05) is 0 Å². The lowest BCUT2D eigenvalue weighted by molar-refractivity contribution is -0.133. The Morgan fingerprint density at radius 2 is 1.54 bits per heavy atom. The second-order valence-electron chi connectivity index (χ2n) is 9.31. The Morgan fingerprint density at radius 3 is 1.96 bits per heavy atom. The Balaban J connectivity index is 1.84. The molecule has 4 rings (SSSR count). The van der Waals surface area contributed by atoms with Crippen LogP contribution in [0, 0.1) is 17.8 Å². The molecule has 0 N–H and O–H groups in total. The van der Waals surface area contributed by atoms with E-state index in [1.807, 2.05) is 6.08 Å². The van der Waals surface area contributed by atoms with Crippen LogP contribution in [0.2, 0.25) is 5.04 Å². The molecule has 28 heavy (non-hydrogen) atoms. The number of hydrogen-bond acceptors (Lipinski definition) is 2. The van der Waals surface area contributed by atoms with Crippen LogP contribution >= 0.6 is 0 Å². The van der Waals surface area contributed by atoms with Crippen LogP contribution in [0.5, 0.6) is 0 Å². The summed E-state index contributed by atoms with van der Waals surface area (Å²) in [6, 6.07) is 21.5. The number of carbonyl (C=O) groups is 1. The van der Waals surface area contributed by atoms with Crippen molar-refractivity contribution >= 4 is 24.5 Å². The fourth-order valence-electron chi connectivity index (χ4n) is 5.37. The van der Waals surface area contributed by atoms with E-state index in [2.05, 4.69) is 88.0 Å². The van der Waals surface area contributed by atoms with E-state index in [0.717, 1.165) is 6.42 Å². The molecule has 0 heterocycles. The van der Waals surface area contributed by atoms with Crippen molar-refractivity contribution in [3.05, 3.63) is 73.3 Å². The van der Waals surface area contributed by atoms with Crippen LogP contribution in [0.4, 0.5) is 0 Å². The lowest BCUT2D eigenvalue weighted by Gasteiger charge is -2.45. The largest absolute Gasteiger partial charge is 0.404 e. The first kappa shape index (κ1) is 19.3. The Hall–Kier alpha value is -1.97. The van der Waals surface area contributed by atoms with Crippen molar-refractivity contribution in [2.24, 2.45) is 17.8 Å². The molecule has 0 aromatic heterocycles. The molecule has 0 unspecified atom stereocenters. The average Bonchev–Trinajstić information content (AvgIpc) is 2.97. The summed E-state index contributed by atoms with van der Waals surface area (Å²) in [7, 11) is -2.58. The number of hydrogen-bond donors (Lipinski definition) is 0. The standard InChI is InChI=1S/C25H30O2Si/c1-5-20-21-16-23(26)22(21)17-24(20)27-28(25(2,3)4,18-12-8-6-9-13-18)19-14-10-7-11-15-19/h5-15,20-22,24H,1,16-17H2,2-4H3/t20-,21-,22+,24+/m1/s1. The van der Waals surface area contributed by atoms with Gasteiger partial charge in [-0.25, -0.2) is 0 Å². The van der Waals surface area contributed by atoms with E-state index >= 15 is 0 Å². The molecule has 3 heteroatoms. The molecule has 2 nitrogen and oxygen atoms in total. The molecule has 0 amide bonds. The van der Waals surface area contributed by atoms with Crippen LogP contribution in [0.15, 0.2) is 73.3 Å². The quantitative estimate of drug-likeness (QED) is 0.561. The molecule has 0 bridgehead atoms. The molecule has 4 atom stereocenters. The van der Waals surface area contributed by atoms with Crippen LogP contribution in [0.1, 0.15) is 33.6 Å². The molecule has 0 saturated heterocycles. The zero-order valence-corrected chi connectivity index (χ0v) is 18.1. The van der Waals surface area contributed by atoms with Gasteiger partial charge in [-0.2, -0.15) is 0 Å². The van der Waals surface area contributed by atoms with Gasteiger partial charge in [0.05, 0.1) is 6.10 Å². The predicted molar refractivity (Wildman–Crippen MR) is 117 cm³/mol. The Bertz CT molecular complexity index is 814. The molecule has 2 aromatic rings. The van der Waals surface area contributed by atoms with Crippen molar-refractivity contribution in [3.8, 4) is 0 Å². The summed E-state index contributed by atoms with van der Waals surface area (Å²) >= 11 is 0. The fraction of sp³-hybridized carbons (Fsp3) is 0.400. The molecule has 2 saturated carbocycles. The summed E-state index contributed by atoms with van der Waals surface area (Å²) in [6.45, 7) is 11.0. The highest BCUT2D eigenvalue weighted by molar-refractivity contribution is 6.99. The Labute approximate surface area is 169 Å². The van der Waals surface area contributed by atoms with E-state index in [1.165, 1.54) is 10.4 Å². The Kier molecular flexibility index (Phi) is 4.92. The average molecular weight is 391 g/mol. The van der Waals surface area contributed by atoms with Crippen molar-refractivity contribution in [1.82, 2.24) is 0 Å². The van der Waals surface area contributed by atoms with Gasteiger partial charge < -0.3 is 4.43 Å². The summed E-state index contributed by atoms with van der Waals surface area (Å²) in [4.78, 5) is 12.1. The fourth-order valence-corrected chi connectivity index (χ4v) is 10.1. The van der Waals surface area contributed by atoms with E-state index in [4.69, 9.17) is 4.43 Å². The van der Waals surface area contributed by atoms with Crippen molar-refractivity contribution in [2.45, 2.75) is 44.8 Å². The maximum absolute atomic E-state index is 12.1. The van der Waals surface area contributed by atoms with Crippen molar-refractivity contribution in [3.63, 3.8) is 0 Å². The summed E-state index contributed by atoms with van der Waals surface area (Å²) in [5.74, 6) is 1.27. The SMILES string of the molecule is C=C[C@@H]1[C@H]2CC(=O)[C@H]2C[C@@H]1O[Si](c1ccccc1)(c1ccccc1)C(C)(C)C.